The van der Waals surface area contributed by atoms with E-state index >= 15 is 0 Å². The lowest BCUT2D eigenvalue weighted by atomic mass is 9.89. The molecule has 0 aliphatic carbocycles. The molecule has 0 spiro atoms. The van der Waals surface area contributed by atoms with Gasteiger partial charge in [-0.1, -0.05) is 48.5 Å². The van der Waals surface area contributed by atoms with Crippen LogP contribution in [0.1, 0.15) is 17.5 Å². The molecule has 0 aromatic heterocycles. The third-order valence-corrected chi connectivity index (χ3v) is 4.17. The largest absolute Gasteiger partial charge is 0.507 e. The Morgan fingerprint density at radius 1 is 1.12 bits per heavy atom. The molecular weight excluding hydrogens is 306 g/mol. The first-order chi connectivity index (χ1) is 11.4. The molecule has 1 heterocycles. The molecule has 0 saturated heterocycles. The molecule has 1 aliphatic heterocycles. The summed E-state index contributed by atoms with van der Waals surface area (Å²) in [7, 11) is 1.56. The zero-order valence-electron chi connectivity index (χ0n) is 13.1. The van der Waals surface area contributed by atoms with E-state index in [1.165, 1.54) is 4.90 Å². The summed E-state index contributed by atoms with van der Waals surface area (Å²) >= 11 is 0. The summed E-state index contributed by atoms with van der Waals surface area (Å²) in [6, 6.07) is 15.4. The van der Waals surface area contributed by atoms with Gasteiger partial charge in [0.05, 0.1) is 12.1 Å². The number of likely N-dealkylation sites (N-methyl/N-ethyl adjacent to an activating group) is 1. The predicted octanol–water partition coefficient (Wildman–Crippen LogP) is 2.41. The van der Waals surface area contributed by atoms with Gasteiger partial charge in [-0.05, 0) is 6.07 Å². The summed E-state index contributed by atoms with van der Waals surface area (Å²) in [6.07, 6.45) is 0.617. The number of hydrogen-bond donors (Lipinski definition) is 2. The quantitative estimate of drug-likeness (QED) is 0.669. The lowest BCUT2D eigenvalue weighted by Gasteiger charge is -2.20. The van der Waals surface area contributed by atoms with Crippen LogP contribution in [0.4, 0.5) is 5.69 Å². The van der Waals surface area contributed by atoms with E-state index in [1.54, 1.807) is 61.6 Å². The molecule has 5 nitrogen and oxygen atoms in total. The van der Waals surface area contributed by atoms with Crippen LogP contribution in [-0.4, -0.2) is 29.0 Å². The predicted molar refractivity (Wildman–Crippen MR) is 90.4 cm³/mol. The second-order valence-electron chi connectivity index (χ2n) is 5.78. The minimum atomic E-state index is -1.91. The van der Waals surface area contributed by atoms with Crippen molar-refractivity contribution in [2.75, 3.05) is 11.9 Å². The maximum atomic E-state index is 12.4. The number of anilines is 1. The highest BCUT2D eigenvalue weighted by Gasteiger charge is 2.49. The monoisotopic (exact) mass is 323 g/mol. The van der Waals surface area contributed by atoms with Crippen molar-refractivity contribution in [3.8, 4) is 0 Å². The Kier molecular flexibility index (Phi) is 3.95. The number of carbonyl (C=O) groups excluding carboxylic acids is 2. The van der Waals surface area contributed by atoms with Crippen LogP contribution in [0.5, 0.6) is 0 Å². The van der Waals surface area contributed by atoms with Crippen molar-refractivity contribution in [3.63, 3.8) is 0 Å². The fourth-order valence-electron chi connectivity index (χ4n) is 2.94. The van der Waals surface area contributed by atoms with Gasteiger partial charge >= 0.3 is 0 Å². The Morgan fingerprint density at radius 3 is 2.46 bits per heavy atom. The van der Waals surface area contributed by atoms with E-state index in [9.17, 15) is 19.8 Å². The highest BCUT2D eigenvalue weighted by Crippen LogP contribution is 2.41. The molecule has 0 radical (unpaired) electrons. The second-order valence-corrected chi connectivity index (χ2v) is 5.78. The van der Waals surface area contributed by atoms with Gasteiger partial charge in [-0.3, -0.25) is 9.59 Å². The standard InChI is InChI=1S/C19H17NO4/c1-20-16-10-6-5-9-15(16)19(24,18(20)23)12-14(21)11-17(22)13-7-3-2-4-8-13/h2-11,22,24H,12H2,1H3. The molecule has 1 atom stereocenters. The number of amides is 1. The minimum absolute atomic E-state index is 0.198. The zero-order valence-corrected chi connectivity index (χ0v) is 13.1. The van der Waals surface area contributed by atoms with E-state index in [0.717, 1.165) is 6.08 Å². The van der Waals surface area contributed by atoms with Crippen LogP contribution in [0.15, 0.2) is 60.7 Å². The molecule has 2 aromatic carbocycles. The lowest BCUT2D eigenvalue weighted by molar-refractivity contribution is -0.140. The van der Waals surface area contributed by atoms with Crippen molar-refractivity contribution in [3.05, 3.63) is 71.8 Å². The fourth-order valence-corrected chi connectivity index (χ4v) is 2.94. The summed E-state index contributed by atoms with van der Waals surface area (Å²) in [5, 5.41) is 20.8. The van der Waals surface area contributed by atoms with Crippen LogP contribution in [0, 0.1) is 0 Å². The van der Waals surface area contributed by atoms with Crippen LogP contribution in [0.2, 0.25) is 0 Å². The maximum Gasteiger partial charge on any atom is 0.263 e. The zero-order chi connectivity index (χ0) is 17.3. The molecule has 122 valence electrons. The number of nitrogens with zero attached hydrogens (tertiary/aromatic N) is 1. The smallest absolute Gasteiger partial charge is 0.263 e. The molecule has 1 amide bonds. The van der Waals surface area contributed by atoms with Crippen LogP contribution < -0.4 is 4.90 Å². The summed E-state index contributed by atoms with van der Waals surface area (Å²) in [5.41, 5.74) is -0.434. The Hall–Kier alpha value is -2.92. The van der Waals surface area contributed by atoms with Gasteiger partial charge in [-0.2, -0.15) is 0 Å². The highest BCUT2D eigenvalue weighted by molar-refractivity contribution is 6.10. The fraction of sp³-hybridized carbons (Fsp3) is 0.158. The average Bonchev–Trinajstić information content (AvgIpc) is 2.78. The number of para-hydroxylation sites is 1. The number of hydrogen-bond acceptors (Lipinski definition) is 4. The normalized spacial score (nSPS) is 20.2. The van der Waals surface area contributed by atoms with Crippen molar-refractivity contribution in [1.29, 1.82) is 0 Å². The number of ketones is 1. The van der Waals surface area contributed by atoms with E-state index in [-0.39, 0.29) is 5.76 Å². The Bertz CT molecular complexity index is 828. The number of fused-ring (bicyclic) bond motifs is 1. The Balaban J connectivity index is 1.88. The van der Waals surface area contributed by atoms with E-state index in [0.29, 0.717) is 16.8 Å². The minimum Gasteiger partial charge on any atom is -0.507 e. The third-order valence-electron chi connectivity index (χ3n) is 4.17. The van der Waals surface area contributed by atoms with Gasteiger partial charge in [-0.25, -0.2) is 0 Å². The molecule has 1 unspecified atom stereocenters. The molecule has 24 heavy (non-hydrogen) atoms. The SMILES string of the molecule is CN1C(=O)C(O)(CC(=O)C=C(O)c2ccccc2)c2ccccc21. The topological polar surface area (TPSA) is 77.8 Å². The van der Waals surface area contributed by atoms with Crippen LogP contribution in [-0.2, 0) is 15.2 Å². The van der Waals surface area contributed by atoms with Gasteiger partial charge < -0.3 is 15.1 Å². The molecule has 2 aromatic rings. The number of aliphatic hydroxyl groups excluding tert-OH is 1. The van der Waals surface area contributed by atoms with Crippen LogP contribution in [0.3, 0.4) is 0 Å². The summed E-state index contributed by atoms with van der Waals surface area (Å²) < 4.78 is 0. The third kappa shape index (κ3) is 2.59. The first-order valence-corrected chi connectivity index (χ1v) is 7.52. The van der Waals surface area contributed by atoms with E-state index in [4.69, 9.17) is 0 Å². The number of rotatable bonds is 4. The highest BCUT2D eigenvalue weighted by atomic mass is 16.3. The first kappa shape index (κ1) is 16.0. The van der Waals surface area contributed by atoms with E-state index in [2.05, 4.69) is 0 Å². The van der Waals surface area contributed by atoms with Gasteiger partial charge in [0, 0.05) is 24.3 Å². The Morgan fingerprint density at radius 2 is 1.75 bits per heavy atom. The Labute approximate surface area is 139 Å². The van der Waals surface area contributed by atoms with Gasteiger partial charge in [-0.15, -0.1) is 0 Å². The number of allylic oxidation sites excluding steroid dienone is 1. The van der Waals surface area contributed by atoms with Gasteiger partial charge in [0.15, 0.2) is 11.4 Å². The van der Waals surface area contributed by atoms with Crippen molar-refractivity contribution in [2.24, 2.45) is 0 Å². The molecule has 0 bridgehead atoms. The molecule has 0 fully saturated rings. The second kappa shape index (κ2) is 5.94. The molecule has 0 saturated carbocycles. The van der Waals surface area contributed by atoms with Crippen molar-refractivity contribution >= 4 is 23.1 Å². The van der Waals surface area contributed by atoms with Crippen LogP contribution in [0.25, 0.3) is 5.76 Å². The molecule has 5 heteroatoms. The van der Waals surface area contributed by atoms with Crippen LogP contribution >= 0.6 is 0 Å². The van der Waals surface area contributed by atoms with Gasteiger partial charge in [0.2, 0.25) is 0 Å². The van der Waals surface area contributed by atoms with E-state index < -0.39 is 23.7 Å². The van der Waals surface area contributed by atoms with Crippen molar-refractivity contribution < 1.29 is 19.8 Å². The number of aliphatic hydroxyl groups is 2. The van der Waals surface area contributed by atoms with Gasteiger partial charge in [0.25, 0.3) is 5.91 Å². The summed E-state index contributed by atoms with van der Waals surface area (Å²) in [4.78, 5) is 26.0. The molecule has 1 aliphatic rings. The van der Waals surface area contributed by atoms with Crippen molar-refractivity contribution in [1.82, 2.24) is 0 Å². The van der Waals surface area contributed by atoms with E-state index in [1.807, 2.05) is 0 Å². The van der Waals surface area contributed by atoms with Gasteiger partial charge in [0.1, 0.15) is 5.76 Å². The molecule has 3 rings (SSSR count). The molecule has 2 N–H and O–H groups in total. The number of benzene rings is 2. The number of carbonyl (C=O) groups is 2. The first-order valence-electron chi connectivity index (χ1n) is 7.52. The summed E-state index contributed by atoms with van der Waals surface area (Å²) in [6.45, 7) is 0. The summed E-state index contributed by atoms with van der Waals surface area (Å²) in [5.74, 6) is -1.28. The molecular formula is C19H17NO4. The maximum absolute atomic E-state index is 12.4. The average molecular weight is 323 g/mol. The van der Waals surface area contributed by atoms with Crippen molar-refractivity contribution in [2.45, 2.75) is 12.0 Å². The lowest BCUT2D eigenvalue weighted by Crippen LogP contribution is -2.40.